The fourth-order valence-electron chi connectivity index (χ4n) is 2.66. The van der Waals surface area contributed by atoms with E-state index in [1.165, 1.54) is 15.0 Å². The number of rotatable bonds is 7. The van der Waals surface area contributed by atoms with Crippen molar-refractivity contribution in [3.63, 3.8) is 0 Å². The Morgan fingerprint density at radius 3 is 1.92 bits per heavy atom. The van der Waals surface area contributed by atoms with Gasteiger partial charge in [0.1, 0.15) is 0 Å². The van der Waals surface area contributed by atoms with Gasteiger partial charge < -0.3 is 0 Å². The van der Waals surface area contributed by atoms with Crippen molar-refractivity contribution in [2.45, 2.75) is 46.9 Å². The molecule has 0 aromatic rings. The molecular formula is C10H24O2Zn. The summed E-state index contributed by atoms with van der Waals surface area (Å²) in [5.41, 5.74) is 0. The third-order valence-electron chi connectivity index (χ3n) is 4.49. The van der Waals surface area contributed by atoms with E-state index in [-0.39, 0.29) is 6.10 Å². The van der Waals surface area contributed by atoms with Crippen molar-refractivity contribution >= 4 is 0 Å². The van der Waals surface area contributed by atoms with Crippen LogP contribution in [0.3, 0.4) is 0 Å². The van der Waals surface area contributed by atoms with Crippen LogP contribution in [-0.4, -0.2) is 24.9 Å². The molecule has 1 unspecified atom stereocenters. The summed E-state index contributed by atoms with van der Waals surface area (Å²) in [4.78, 5) is 0. The number of aliphatic hydroxyl groups excluding tert-OH is 1. The molecule has 0 aliphatic heterocycles. The Hall–Kier alpha value is 0.543. The van der Waals surface area contributed by atoms with Crippen LogP contribution in [0.5, 0.6) is 0 Å². The van der Waals surface area contributed by atoms with Crippen molar-refractivity contribution < 1.29 is 24.6 Å². The fraction of sp³-hybridized carbons (Fsp3) is 1.00. The molecule has 2 nitrogen and oxygen atoms in total. The monoisotopic (exact) mass is 240 g/mol. The molecule has 0 spiro atoms. The SMILES string of the molecule is C[CH2][Zn]([CH2]C)([CH2]C)[CH2]C(O)COC. The predicted octanol–water partition coefficient (Wildman–Crippen LogP) is 2.88. The molecule has 0 aromatic heterocycles. The Labute approximate surface area is 85.5 Å². The molecule has 0 amide bonds. The normalized spacial score (nSPS) is 13.3. The third kappa shape index (κ3) is 4.53. The molecule has 0 aromatic carbocycles. The van der Waals surface area contributed by atoms with Crippen LogP contribution in [0.4, 0.5) is 0 Å². The van der Waals surface area contributed by atoms with Crippen LogP contribution in [-0.2, 0) is 19.5 Å². The number of hydrogen-bond donors (Lipinski definition) is 1. The topological polar surface area (TPSA) is 29.5 Å². The van der Waals surface area contributed by atoms with Gasteiger partial charge in [0.05, 0.1) is 0 Å². The standard InChI is InChI=1S/C4H9O2.3C2H5.Zn/c1-4(5)3-6-2;3*1-2;/h4-5H,1,3H2,2H3;3*1H2,2H3;. The van der Waals surface area contributed by atoms with Gasteiger partial charge >= 0.3 is 85.3 Å². The third-order valence-corrected chi connectivity index (χ3v) is 21.8. The first-order chi connectivity index (χ1) is 6.14. The van der Waals surface area contributed by atoms with E-state index in [1.54, 1.807) is 7.11 Å². The van der Waals surface area contributed by atoms with Gasteiger partial charge in [-0.15, -0.1) is 0 Å². The van der Waals surface area contributed by atoms with Gasteiger partial charge in [-0.1, -0.05) is 0 Å². The first-order valence-corrected chi connectivity index (χ1v) is 14.3. The minimum absolute atomic E-state index is 0.204. The van der Waals surface area contributed by atoms with Gasteiger partial charge in [-0.25, -0.2) is 0 Å². The Balaban J connectivity index is 4.07. The quantitative estimate of drug-likeness (QED) is 0.695. The Morgan fingerprint density at radius 1 is 1.15 bits per heavy atom. The summed E-state index contributed by atoms with van der Waals surface area (Å²) in [6.07, 6.45) is -0.204. The van der Waals surface area contributed by atoms with Crippen LogP contribution < -0.4 is 0 Å². The summed E-state index contributed by atoms with van der Waals surface area (Å²) < 4.78 is 4.97. The number of aliphatic hydroxyl groups is 1. The molecule has 3 heteroatoms. The van der Waals surface area contributed by atoms with Crippen LogP contribution in [0.15, 0.2) is 0 Å². The molecule has 1 N–H and O–H groups in total. The number of ether oxygens (including phenoxy) is 1. The molecule has 0 heterocycles. The van der Waals surface area contributed by atoms with E-state index in [2.05, 4.69) is 20.8 Å². The van der Waals surface area contributed by atoms with Gasteiger partial charge in [0.2, 0.25) is 0 Å². The van der Waals surface area contributed by atoms with Crippen molar-refractivity contribution in [1.82, 2.24) is 0 Å². The second kappa shape index (κ2) is 6.92. The first kappa shape index (κ1) is 13.5. The molecule has 0 aliphatic rings. The van der Waals surface area contributed by atoms with Gasteiger partial charge in [0, 0.05) is 0 Å². The zero-order valence-corrected chi connectivity index (χ0v) is 12.6. The van der Waals surface area contributed by atoms with Crippen LogP contribution in [0.2, 0.25) is 20.1 Å². The Bertz CT molecular complexity index is 116. The second-order valence-electron chi connectivity index (χ2n) is 5.02. The van der Waals surface area contributed by atoms with Crippen molar-refractivity contribution in [2.75, 3.05) is 13.7 Å². The van der Waals surface area contributed by atoms with Crippen molar-refractivity contribution in [3.05, 3.63) is 0 Å². The van der Waals surface area contributed by atoms with Crippen LogP contribution in [0, 0.1) is 0 Å². The van der Waals surface area contributed by atoms with Gasteiger partial charge in [0.25, 0.3) is 0 Å². The maximum atomic E-state index is 9.71. The van der Waals surface area contributed by atoms with E-state index in [1.807, 2.05) is 0 Å². The van der Waals surface area contributed by atoms with Gasteiger partial charge in [-0.2, -0.15) is 0 Å². The number of hydrogen-bond acceptors (Lipinski definition) is 2. The Kier molecular flexibility index (Phi) is 7.21. The van der Waals surface area contributed by atoms with Gasteiger partial charge in [-0.3, -0.25) is 0 Å². The molecule has 0 saturated carbocycles. The van der Waals surface area contributed by atoms with Crippen molar-refractivity contribution in [2.24, 2.45) is 0 Å². The first-order valence-electron chi connectivity index (χ1n) is 5.89. The van der Waals surface area contributed by atoms with E-state index < -0.39 is 14.8 Å². The summed E-state index contributed by atoms with van der Waals surface area (Å²) >= 11 is -1.99. The molecule has 0 radical (unpaired) electrons. The molecule has 78 valence electrons. The molecule has 13 heavy (non-hydrogen) atoms. The second-order valence-corrected chi connectivity index (χ2v) is 21.4. The molecule has 0 bridgehead atoms. The van der Waals surface area contributed by atoms with Gasteiger partial charge in [0.15, 0.2) is 0 Å². The van der Waals surface area contributed by atoms with E-state index in [4.69, 9.17) is 4.74 Å². The fourth-order valence-corrected chi connectivity index (χ4v) is 13.0. The zero-order chi connectivity index (χ0) is 10.3. The van der Waals surface area contributed by atoms with Gasteiger partial charge in [-0.05, 0) is 0 Å². The van der Waals surface area contributed by atoms with Crippen molar-refractivity contribution in [1.29, 1.82) is 0 Å². The van der Waals surface area contributed by atoms with E-state index in [0.29, 0.717) is 6.61 Å². The molecule has 0 aliphatic carbocycles. The van der Waals surface area contributed by atoms with Crippen LogP contribution in [0.1, 0.15) is 20.8 Å². The van der Waals surface area contributed by atoms with Crippen molar-refractivity contribution in [3.8, 4) is 0 Å². The number of methoxy groups -OCH3 is 1. The Morgan fingerprint density at radius 2 is 1.62 bits per heavy atom. The van der Waals surface area contributed by atoms with Crippen LogP contribution >= 0.6 is 0 Å². The summed E-state index contributed by atoms with van der Waals surface area (Å²) in [7, 11) is 1.66. The maximum absolute atomic E-state index is 9.71. The summed E-state index contributed by atoms with van der Waals surface area (Å²) in [5.74, 6) is 0. The summed E-state index contributed by atoms with van der Waals surface area (Å²) in [5, 5.41) is 14.9. The molecule has 0 fully saturated rings. The molecule has 1 atom stereocenters. The molecule has 0 rings (SSSR count). The van der Waals surface area contributed by atoms with E-state index >= 15 is 0 Å². The summed E-state index contributed by atoms with van der Waals surface area (Å²) in [6.45, 7) is 7.41. The average Bonchev–Trinajstić information content (AvgIpc) is 2.15. The molecule has 0 saturated heterocycles. The predicted molar refractivity (Wildman–Crippen MR) is 54.1 cm³/mol. The summed E-state index contributed by atoms with van der Waals surface area (Å²) in [6, 6.07) is 0. The van der Waals surface area contributed by atoms with E-state index in [0.717, 1.165) is 5.02 Å². The van der Waals surface area contributed by atoms with Crippen LogP contribution in [0.25, 0.3) is 0 Å². The van der Waals surface area contributed by atoms with E-state index in [9.17, 15) is 5.11 Å². The molecular weight excluding hydrogens is 217 g/mol. The average molecular weight is 242 g/mol. The minimum atomic E-state index is -1.99. The zero-order valence-electron chi connectivity index (χ0n) is 9.68.